The molecule has 0 atom stereocenters. The molecule has 1 aromatic carbocycles. The maximum atomic E-state index is 13.3. The van der Waals surface area contributed by atoms with Gasteiger partial charge in [0, 0.05) is 17.6 Å². The molecule has 0 radical (unpaired) electrons. The Labute approximate surface area is 113 Å². The van der Waals surface area contributed by atoms with Gasteiger partial charge in [-0.05, 0) is 32.9 Å². The fraction of sp³-hybridized carbons (Fsp3) is 0.455. The summed E-state index contributed by atoms with van der Waals surface area (Å²) in [6.45, 7) is 4.92. The third kappa shape index (κ3) is 4.53. The number of nitrogens with two attached hydrogens (primary N) is 1. The highest BCUT2D eigenvalue weighted by atomic mass is 35.5. The van der Waals surface area contributed by atoms with Gasteiger partial charge in [0.2, 0.25) is 10.0 Å². The van der Waals surface area contributed by atoms with Crippen LogP contribution < -0.4 is 10.5 Å². The molecule has 0 aliphatic heterocycles. The molecule has 0 saturated carbocycles. The lowest BCUT2D eigenvalue weighted by Gasteiger charge is -2.19. The maximum Gasteiger partial charge on any atom is 0.240 e. The summed E-state index contributed by atoms with van der Waals surface area (Å²) in [6.07, 6.45) is 0. The summed E-state index contributed by atoms with van der Waals surface area (Å²) < 4.78 is 39.5. The molecular weight excluding hydrogens is 279 g/mol. The molecular formula is C11H18ClFN2O2S. The smallest absolute Gasteiger partial charge is 0.240 e. The second kappa shape index (κ2) is 5.97. The van der Waals surface area contributed by atoms with Crippen LogP contribution in [0.25, 0.3) is 0 Å². The molecule has 0 spiro atoms. The fourth-order valence-corrected chi connectivity index (χ4v) is 2.71. The fourth-order valence-electron chi connectivity index (χ4n) is 1.24. The van der Waals surface area contributed by atoms with Crippen molar-refractivity contribution in [2.75, 3.05) is 6.54 Å². The summed E-state index contributed by atoms with van der Waals surface area (Å²) in [6, 6.07) is 3.95. The van der Waals surface area contributed by atoms with Crippen molar-refractivity contribution in [3.63, 3.8) is 0 Å². The highest BCUT2D eigenvalue weighted by molar-refractivity contribution is 7.89. The molecule has 0 bridgehead atoms. The first kappa shape index (κ1) is 17.3. The van der Waals surface area contributed by atoms with Gasteiger partial charge in [-0.1, -0.05) is 6.07 Å². The van der Waals surface area contributed by atoms with Gasteiger partial charge < -0.3 is 5.73 Å². The quantitative estimate of drug-likeness (QED) is 0.886. The zero-order valence-corrected chi connectivity index (χ0v) is 12.2. The lowest BCUT2D eigenvalue weighted by atomic mass is 10.1. The Morgan fingerprint density at radius 2 is 1.94 bits per heavy atom. The van der Waals surface area contributed by atoms with Crippen LogP contribution in [0.5, 0.6) is 0 Å². The second-order valence-corrected chi connectivity index (χ2v) is 6.41. The van der Waals surface area contributed by atoms with Gasteiger partial charge in [-0.15, -0.1) is 12.4 Å². The molecule has 0 heterocycles. The largest absolute Gasteiger partial charge is 0.324 e. The minimum absolute atomic E-state index is 0. The molecule has 0 saturated heterocycles. The molecule has 104 valence electrons. The normalized spacial score (nSPS) is 12.1. The van der Waals surface area contributed by atoms with Crippen LogP contribution in [0, 0.1) is 12.7 Å². The van der Waals surface area contributed by atoms with Crippen LogP contribution in [0.1, 0.15) is 19.4 Å². The van der Waals surface area contributed by atoms with Crippen molar-refractivity contribution in [2.45, 2.75) is 31.2 Å². The molecule has 1 aromatic rings. The Hall–Kier alpha value is -0.690. The van der Waals surface area contributed by atoms with Crippen LogP contribution >= 0.6 is 12.4 Å². The molecule has 3 N–H and O–H groups in total. The van der Waals surface area contributed by atoms with Gasteiger partial charge in [0.05, 0.1) is 4.90 Å². The van der Waals surface area contributed by atoms with E-state index in [1.807, 2.05) is 0 Å². The van der Waals surface area contributed by atoms with Gasteiger partial charge in [-0.3, -0.25) is 0 Å². The second-order valence-electron chi connectivity index (χ2n) is 4.68. The van der Waals surface area contributed by atoms with Crippen molar-refractivity contribution < 1.29 is 12.8 Å². The predicted octanol–water partition coefficient (Wildman–Crippen LogP) is 1.57. The van der Waals surface area contributed by atoms with Crippen LogP contribution in [0.2, 0.25) is 0 Å². The number of benzene rings is 1. The van der Waals surface area contributed by atoms with Crippen molar-refractivity contribution in [3.05, 3.63) is 29.6 Å². The number of hydrogen-bond acceptors (Lipinski definition) is 3. The molecule has 7 heteroatoms. The van der Waals surface area contributed by atoms with E-state index in [9.17, 15) is 12.8 Å². The summed E-state index contributed by atoms with van der Waals surface area (Å²) in [4.78, 5) is -0.0539. The van der Waals surface area contributed by atoms with E-state index in [-0.39, 0.29) is 29.4 Å². The van der Waals surface area contributed by atoms with Crippen molar-refractivity contribution in [3.8, 4) is 0 Å². The minimum Gasteiger partial charge on any atom is -0.324 e. The Balaban J connectivity index is 0.00000289. The zero-order valence-electron chi connectivity index (χ0n) is 10.5. The monoisotopic (exact) mass is 296 g/mol. The molecule has 0 aromatic heterocycles. The van der Waals surface area contributed by atoms with Gasteiger partial charge in [-0.25, -0.2) is 17.5 Å². The average molecular weight is 297 g/mol. The summed E-state index contributed by atoms with van der Waals surface area (Å²) in [5.74, 6) is -0.542. The SMILES string of the molecule is Cc1c(F)cccc1S(=O)(=O)NCC(C)(C)N.Cl. The first-order valence-corrected chi connectivity index (χ1v) is 6.65. The average Bonchev–Trinajstić information content (AvgIpc) is 2.18. The minimum atomic E-state index is -3.72. The standard InChI is InChI=1S/C11H17FN2O2S.ClH/c1-8-9(12)5-4-6-10(8)17(15,16)14-7-11(2,3)13;/h4-6,14H,7,13H2,1-3H3;1H. The van der Waals surface area contributed by atoms with Gasteiger partial charge >= 0.3 is 0 Å². The van der Waals surface area contributed by atoms with E-state index in [0.29, 0.717) is 0 Å². The highest BCUT2D eigenvalue weighted by Crippen LogP contribution is 2.17. The van der Waals surface area contributed by atoms with Gasteiger partial charge in [0.25, 0.3) is 0 Å². The number of halogens is 2. The summed E-state index contributed by atoms with van der Waals surface area (Å²) in [7, 11) is -3.72. The van der Waals surface area contributed by atoms with Crippen LogP contribution in [0.3, 0.4) is 0 Å². The predicted molar refractivity (Wildman–Crippen MR) is 71.8 cm³/mol. The Morgan fingerprint density at radius 3 is 2.44 bits per heavy atom. The first-order chi connectivity index (χ1) is 7.63. The van der Waals surface area contributed by atoms with Crippen LogP contribution in [-0.4, -0.2) is 20.5 Å². The molecule has 4 nitrogen and oxygen atoms in total. The van der Waals surface area contributed by atoms with E-state index < -0.39 is 21.4 Å². The van der Waals surface area contributed by atoms with E-state index in [0.717, 1.165) is 0 Å². The van der Waals surface area contributed by atoms with Crippen molar-refractivity contribution in [2.24, 2.45) is 5.73 Å². The number of hydrogen-bond donors (Lipinski definition) is 2. The molecule has 0 aliphatic rings. The van der Waals surface area contributed by atoms with Crippen molar-refractivity contribution >= 4 is 22.4 Å². The van der Waals surface area contributed by atoms with Crippen LogP contribution in [0.15, 0.2) is 23.1 Å². The lowest BCUT2D eigenvalue weighted by molar-refractivity contribution is 0.497. The van der Waals surface area contributed by atoms with Crippen molar-refractivity contribution in [1.82, 2.24) is 4.72 Å². The van der Waals surface area contributed by atoms with E-state index in [2.05, 4.69) is 4.72 Å². The molecule has 1 rings (SSSR count). The topological polar surface area (TPSA) is 72.2 Å². The molecule has 0 fully saturated rings. The molecule has 0 unspecified atom stereocenters. The molecule has 0 aliphatic carbocycles. The Kier molecular flexibility index (Phi) is 5.74. The van der Waals surface area contributed by atoms with Crippen LogP contribution in [0.4, 0.5) is 4.39 Å². The third-order valence-electron chi connectivity index (χ3n) is 2.23. The third-order valence-corrected chi connectivity index (χ3v) is 3.77. The summed E-state index contributed by atoms with van der Waals surface area (Å²) in [5, 5.41) is 0. The summed E-state index contributed by atoms with van der Waals surface area (Å²) >= 11 is 0. The summed E-state index contributed by atoms with van der Waals surface area (Å²) in [5.41, 5.74) is 5.14. The zero-order chi connectivity index (χ0) is 13.3. The van der Waals surface area contributed by atoms with Crippen LogP contribution in [-0.2, 0) is 10.0 Å². The van der Waals surface area contributed by atoms with E-state index in [1.54, 1.807) is 13.8 Å². The number of rotatable bonds is 4. The van der Waals surface area contributed by atoms with E-state index in [1.165, 1.54) is 25.1 Å². The van der Waals surface area contributed by atoms with E-state index >= 15 is 0 Å². The first-order valence-electron chi connectivity index (χ1n) is 5.17. The van der Waals surface area contributed by atoms with Gasteiger partial charge in [-0.2, -0.15) is 0 Å². The van der Waals surface area contributed by atoms with Gasteiger partial charge in [0.15, 0.2) is 0 Å². The Morgan fingerprint density at radius 1 is 1.39 bits per heavy atom. The van der Waals surface area contributed by atoms with E-state index in [4.69, 9.17) is 5.73 Å². The Bertz CT molecular complexity index is 512. The number of nitrogens with one attached hydrogen (secondary N) is 1. The van der Waals surface area contributed by atoms with Gasteiger partial charge in [0.1, 0.15) is 5.82 Å². The lowest BCUT2D eigenvalue weighted by Crippen LogP contribution is -2.45. The maximum absolute atomic E-state index is 13.3. The highest BCUT2D eigenvalue weighted by Gasteiger charge is 2.21. The molecule has 0 amide bonds. The number of sulfonamides is 1. The van der Waals surface area contributed by atoms with Crippen molar-refractivity contribution in [1.29, 1.82) is 0 Å². The molecule has 18 heavy (non-hydrogen) atoms.